The highest BCUT2D eigenvalue weighted by Gasteiger charge is 2.42. The number of amides is 2. The highest BCUT2D eigenvalue weighted by molar-refractivity contribution is 5.93. The molecule has 0 saturated heterocycles. The summed E-state index contributed by atoms with van der Waals surface area (Å²) in [6.07, 6.45) is 4.22. The van der Waals surface area contributed by atoms with E-state index in [2.05, 4.69) is 22.7 Å². The van der Waals surface area contributed by atoms with Gasteiger partial charge >= 0.3 is 12.0 Å². The summed E-state index contributed by atoms with van der Waals surface area (Å²) in [4.78, 5) is 23.5. The van der Waals surface area contributed by atoms with E-state index in [0.717, 1.165) is 12.8 Å². The maximum atomic E-state index is 11.9. The first kappa shape index (κ1) is 14.4. The van der Waals surface area contributed by atoms with Crippen LogP contribution in [0.5, 0.6) is 0 Å². The van der Waals surface area contributed by atoms with Crippen molar-refractivity contribution < 1.29 is 14.7 Å². The van der Waals surface area contributed by atoms with Gasteiger partial charge in [0.2, 0.25) is 0 Å². The summed E-state index contributed by atoms with van der Waals surface area (Å²) in [6.45, 7) is 2.10. The summed E-state index contributed by atoms with van der Waals surface area (Å²) in [5, 5.41) is 18.6. The van der Waals surface area contributed by atoms with Crippen LogP contribution in [0.2, 0.25) is 0 Å². The molecular formula is C13H20N4O3. The van der Waals surface area contributed by atoms with Crippen LogP contribution in [0.1, 0.15) is 32.6 Å². The molecule has 0 aromatic carbocycles. The van der Waals surface area contributed by atoms with Gasteiger partial charge < -0.3 is 10.4 Å². The van der Waals surface area contributed by atoms with E-state index in [1.807, 2.05) is 0 Å². The van der Waals surface area contributed by atoms with Gasteiger partial charge in [-0.1, -0.05) is 6.92 Å². The molecule has 0 aliphatic heterocycles. The molecule has 7 heteroatoms. The van der Waals surface area contributed by atoms with Gasteiger partial charge in [0.25, 0.3) is 0 Å². The van der Waals surface area contributed by atoms with Crippen LogP contribution in [0.4, 0.5) is 10.6 Å². The smallest absolute Gasteiger partial charge is 0.329 e. The Morgan fingerprint density at radius 2 is 2.10 bits per heavy atom. The van der Waals surface area contributed by atoms with E-state index in [1.165, 1.54) is 0 Å². The van der Waals surface area contributed by atoms with E-state index >= 15 is 0 Å². The zero-order valence-corrected chi connectivity index (χ0v) is 11.7. The molecular weight excluding hydrogens is 260 g/mol. The summed E-state index contributed by atoms with van der Waals surface area (Å²) in [6, 6.07) is 1.12. The molecule has 1 aliphatic rings. The number of hydrogen-bond acceptors (Lipinski definition) is 3. The van der Waals surface area contributed by atoms with Crippen LogP contribution in [0.15, 0.2) is 12.3 Å². The molecule has 1 aromatic heterocycles. The Morgan fingerprint density at radius 1 is 1.45 bits per heavy atom. The topological polar surface area (TPSA) is 96.3 Å². The van der Waals surface area contributed by atoms with Crippen molar-refractivity contribution in [2.75, 3.05) is 5.32 Å². The van der Waals surface area contributed by atoms with Gasteiger partial charge in [-0.25, -0.2) is 9.59 Å². The quantitative estimate of drug-likeness (QED) is 0.783. The Balaban J connectivity index is 2.01. The molecule has 7 nitrogen and oxygen atoms in total. The van der Waals surface area contributed by atoms with Gasteiger partial charge in [-0.15, -0.1) is 0 Å². The van der Waals surface area contributed by atoms with Gasteiger partial charge in [0.05, 0.1) is 0 Å². The van der Waals surface area contributed by atoms with E-state index in [-0.39, 0.29) is 0 Å². The number of rotatable bonds is 3. The number of nitrogens with one attached hydrogen (secondary N) is 2. The highest BCUT2D eigenvalue weighted by atomic mass is 16.4. The summed E-state index contributed by atoms with van der Waals surface area (Å²) >= 11 is 0. The minimum Gasteiger partial charge on any atom is -0.480 e. The van der Waals surface area contributed by atoms with Crippen molar-refractivity contribution in [1.82, 2.24) is 15.1 Å². The molecule has 3 N–H and O–H groups in total. The molecule has 2 amide bonds. The lowest BCUT2D eigenvalue weighted by Crippen LogP contribution is -2.57. The molecule has 0 bridgehead atoms. The van der Waals surface area contributed by atoms with E-state index < -0.39 is 17.5 Å². The first-order chi connectivity index (χ1) is 9.41. The molecule has 0 radical (unpaired) electrons. The normalized spacial score (nSPS) is 26.0. The lowest BCUT2D eigenvalue weighted by molar-refractivity contribution is -0.146. The van der Waals surface area contributed by atoms with Crippen molar-refractivity contribution in [3.05, 3.63) is 12.3 Å². The zero-order chi connectivity index (χ0) is 14.8. The second-order valence-electron chi connectivity index (χ2n) is 5.52. The second-order valence-corrected chi connectivity index (χ2v) is 5.52. The summed E-state index contributed by atoms with van der Waals surface area (Å²) in [5.74, 6) is -0.0709. The van der Waals surface area contributed by atoms with Gasteiger partial charge in [0, 0.05) is 19.3 Å². The fourth-order valence-corrected chi connectivity index (χ4v) is 2.49. The van der Waals surface area contributed by atoms with Crippen molar-refractivity contribution in [3.63, 3.8) is 0 Å². The molecule has 1 saturated carbocycles. The average molecular weight is 280 g/mol. The van der Waals surface area contributed by atoms with Crippen LogP contribution >= 0.6 is 0 Å². The minimum absolute atomic E-state index is 0.398. The monoisotopic (exact) mass is 280 g/mol. The third-order valence-electron chi connectivity index (χ3n) is 3.85. The Kier molecular flexibility index (Phi) is 3.96. The fraction of sp³-hybridized carbons (Fsp3) is 0.615. The van der Waals surface area contributed by atoms with Gasteiger partial charge in [-0.05, 0) is 31.6 Å². The number of aliphatic carboxylic acids is 1. The van der Waals surface area contributed by atoms with E-state index in [9.17, 15) is 14.7 Å². The third-order valence-corrected chi connectivity index (χ3v) is 3.85. The molecule has 0 spiro atoms. The van der Waals surface area contributed by atoms with Crippen molar-refractivity contribution in [1.29, 1.82) is 0 Å². The fourth-order valence-electron chi connectivity index (χ4n) is 2.49. The predicted octanol–water partition coefficient (Wildman–Crippen LogP) is 1.58. The molecule has 0 unspecified atom stereocenters. The summed E-state index contributed by atoms with van der Waals surface area (Å²) in [5.41, 5.74) is -1.16. The van der Waals surface area contributed by atoms with Crippen molar-refractivity contribution in [2.45, 2.75) is 38.1 Å². The first-order valence-corrected chi connectivity index (χ1v) is 6.73. The molecule has 2 rings (SSSR count). The number of carboxylic acid groups (broad SMARTS) is 1. The molecule has 1 aromatic rings. The standard InChI is InChI=1S/C13H20N4O3/c1-9-3-6-13(7-4-9,11(18)19)15-12(20)14-10-5-8-17(2)16-10/h5,8-9H,3-4,6-7H2,1-2H3,(H,18,19)(H2,14,15,16,20). The van der Waals surface area contributed by atoms with Gasteiger partial charge in [-0.2, -0.15) is 5.10 Å². The Morgan fingerprint density at radius 3 is 2.60 bits per heavy atom. The van der Waals surface area contributed by atoms with Crippen LogP contribution in [0.3, 0.4) is 0 Å². The molecule has 1 aliphatic carbocycles. The van der Waals surface area contributed by atoms with Crippen LogP contribution < -0.4 is 10.6 Å². The SMILES string of the molecule is CC1CCC(NC(=O)Nc2ccn(C)n2)(C(=O)O)CC1. The van der Waals surface area contributed by atoms with Crippen LogP contribution in [0, 0.1) is 5.92 Å². The van der Waals surface area contributed by atoms with E-state index in [1.54, 1.807) is 24.0 Å². The number of carbonyl (C=O) groups excluding carboxylic acids is 1. The Hall–Kier alpha value is -2.05. The van der Waals surface area contributed by atoms with E-state index in [0.29, 0.717) is 24.6 Å². The zero-order valence-electron chi connectivity index (χ0n) is 11.7. The molecule has 110 valence electrons. The average Bonchev–Trinajstić information content (AvgIpc) is 2.77. The molecule has 1 heterocycles. The second kappa shape index (κ2) is 5.52. The number of nitrogens with zero attached hydrogens (tertiary/aromatic N) is 2. The van der Waals surface area contributed by atoms with Crippen molar-refractivity contribution >= 4 is 17.8 Å². The third kappa shape index (κ3) is 3.09. The lowest BCUT2D eigenvalue weighted by Gasteiger charge is -2.36. The number of carbonyl (C=O) groups is 2. The van der Waals surface area contributed by atoms with Crippen molar-refractivity contribution in [3.8, 4) is 0 Å². The molecule has 0 atom stereocenters. The highest BCUT2D eigenvalue weighted by Crippen LogP contribution is 2.32. The minimum atomic E-state index is -1.16. The maximum Gasteiger partial charge on any atom is 0.329 e. The number of aromatic nitrogens is 2. The number of anilines is 1. The number of hydrogen-bond donors (Lipinski definition) is 3. The molecule has 1 fully saturated rings. The largest absolute Gasteiger partial charge is 0.480 e. The van der Waals surface area contributed by atoms with Gasteiger partial charge in [-0.3, -0.25) is 10.00 Å². The van der Waals surface area contributed by atoms with Crippen LogP contribution in [-0.2, 0) is 11.8 Å². The van der Waals surface area contributed by atoms with Gasteiger partial charge in [0.15, 0.2) is 5.82 Å². The number of aryl methyl sites for hydroxylation is 1. The summed E-state index contributed by atoms with van der Waals surface area (Å²) < 4.78 is 1.56. The van der Waals surface area contributed by atoms with Crippen molar-refractivity contribution in [2.24, 2.45) is 13.0 Å². The van der Waals surface area contributed by atoms with Crippen LogP contribution in [-0.4, -0.2) is 32.4 Å². The van der Waals surface area contributed by atoms with Crippen LogP contribution in [0.25, 0.3) is 0 Å². The Labute approximate surface area is 117 Å². The first-order valence-electron chi connectivity index (χ1n) is 6.73. The van der Waals surface area contributed by atoms with E-state index in [4.69, 9.17) is 0 Å². The van der Waals surface area contributed by atoms with Gasteiger partial charge in [0.1, 0.15) is 5.54 Å². The number of carboxylic acids is 1. The Bertz CT molecular complexity index is 503. The number of urea groups is 1. The summed E-state index contributed by atoms with van der Waals surface area (Å²) in [7, 11) is 1.74. The lowest BCUT2D eigenvalue weighted by atomic mass is 9.77. The predicted molar refractivity (Wildman–Crippen MR) is 73.4 cm³/mol. The maximum absolute atomic E-state index is 11.9. The molecule has 20 heavy (non-hydrogen) atoms.